The fourth-order valence-corrected chi connectivity index (χ4v) is 2.65. The van der Waals surface area contributed by atoms with Crippen LogP contribution < -0.4 is 5.32 Å². The summed E-state index contributed by atoms with van der Waals surface area (Å²) in [6.07, 6.45) is 1.86. The molecule has 1 atom stereocenters. The van der Waals surface area contributed by atoms with Gasteiger partial charge in [0.05, 0.1) is 6.04 Å². The summed E-state index contributed by atoms with van der Waals surface area (Å²) in [7, 11) is 0. The summed E-state index contributed by atoms with van der Waals surface area (Å²) in [4.78, 5) is 12.1. The first kappa shape index (κ1) is 18.5. The molecule has 1 amide bonds. The maximum Gasteiger partial charge on any atom is 0.407 e. The number of hydrogen-bond donors (Lipinski definition) is 2. The number of halogens is 1. The standard InChI is InChI=1S/C19H22BrNO3/c20-17-11-9-16(10-12-17)18(8-4-5-13-22)21-19(23)24-14-15-6-2-1-3-7-15/h1-3,6-7,9-12,18,22H,4-5,8,13-14H2,(H,21,23)/t18-/m1/s1. The SMILES string of the molecule is O=C(N[C@H](CCCCO)c1ccc(Br)cc1)OCc1ccccc1. The number of hydrogen-bond acceptors (Lipinski definition) is 3. The molecule has 5 heteroatoms. The van der Waals surface area contributed by atoms with E-state index in [0.29, 0.717) is 6.42 Å². The normalized spacial score (nSPS) is 11.8. The van der Waals surface area contributed by atoms with Crippen molar-refractivity contribution in [3.8, 4) is 0 Å². The molecule has 2 aromatic rings. The molecule has 0 radical (unpaired) electrons. The number of alkyl carbamates (subject to hydrolysis) is 1. The van der Waals surface area contributed by atoms with E-state index in [0.717, 1.165) is 28.4 Å². The number of amides is 1. The van der Waals surface area contributed by atoms with E-state index in [9.17, 15) is 4.79 Å². The zero-order valence-corrected chi connectivity index (χ0v) is 15.0. The number of carbonyl (C=O) groups is 1. The fraction of sp³-hybridized carbons (Fsp3) is 0.316. The van der Waals surface area contributed by atoms with Crippen molar-refractivity contribution in [2.75, 3.05) is 6.61 Å². The third-order valence-corrected chi connectivity index (χ3v) is 4.21. The van der Waals surface area contributed by atoms with E-state index in [1.165, 1.54) is 0 Å². The van der Waals surface area contributed by atoms with Crippen LogP contribution >= 0.6 is 15.9 Å². The largest absolute Gasteiger partial charge is 0.445 e. The first-order valence-electron chi connectivity index (χ1n) is 8.02. The molecular weight excluding hydrogens is 370 g/mol. The van der Waals surface area contributed by atoms with Crippen molar-refractivity contribution in [3.05, 3.63) is 70.2 Å². The molecule has 0 aromatic heterocycles. The lowest BCUT2D eigenvalue weighted by Crippen LogP contribution is -2.29. The van der Waals surface area contributed by atoms with Crippen molar-refractivity contribution in [1.29, 1.82) is 0 Å². The van der Waals surface area contributed by atoms with Crippen LogP contribution in [0.2, 0.25) is 0 Å². The van der Waals surface area contributed by atoms with E-state index in [1.807, 2.05) is 54.6 Å². The van der Waals surface area contributed by atoms with Gasteiger partial charge in [0.25, 0.3) is 0 Å². The van der Waals surface area contributed by atoms with Crippen LogP contribution in [0.3, 0.4) is 0 Å². The van der Waals surface area contributed by atoms with Crippen molar-refractivity contribution < 1.29 is 14.6 Å². The van der Waals surface area contributed by atoms with Gasteiger partial charge >= 0.3 is 6.09 Å². The number of nitrogens with one attached hydrogen (secondary N) is 1. The van der Waals surface area contributed by atoms with E-state index >= 15 is 0 Å². The Bertz CT molecular complexity index is 616. The third-order valence-electron chi connectivity index (χ3n) is 3.68. The summed E-state index contributed by atoms with van der Waals surface area (Å²) >= 11 is 3.41. The van der Waals surface area contributed by atoms with Crippen molar-refractivity contribution in [1.82, 2.24) is 5.32 Å². The van der Waals surface area contributed by atoms with E-state index in [1.54, 1.807) is 0 Å². The molecule has 0 heterocycles. The van der Waals surface area contributed by atoms with Crippen LogP contribution in [0, 0.1) is 0 Å². The second-order valence-corrected chi connectivity index (χ2v) is 6.45. The summed E-state index contributed by atoms with van der Waals surface area (Å²) in [6, 6.07) is 17.3. The second-order valence-electron chi connectivity index (χ2n) is 5.53. The predicted octanol–water partition coefficient (Wildman–Crippen LogP) is 4.58. The van der Waals surface area contributed by atoms with Gasteiger partial charge in [0.15, 0.2) is 0 Å². The minimum Gasteiger partial charge on any atom is -0.445 e. The topological polar surface area (TPSA) is 58.6 Å². The van der Waals surface area contributed by atoms with E-state index in [-0.39, 0.29) is 19.3 Å². The van der Waals surface area contributed by atoms with Gasteiger partial charge in [-0.3, -0.25) is 0 Å². The Labute approximate surface area is 151 Å². The molecule has 0 saturated heterocycles. The first-order valence-corrected chi connectivity index (χ1v) is 8.82. The summed E-state index contributed by atoms with van der Waals surface area (Å²) in [5.74, 6) is 0. The van der Waals surface area contributed by atoms with Crippen molar-refractivity contribution in [2.24, 2.45) is 0 Å². The molecule has 4 nitrogen and oxygen atoms in total. The number of carbonyl (C=O) groups excluding carboxylic acids is 1. The molecule has 0 aliphatic rings. The van der Waals surface area contributed by atoms with Gasteiger partial charge in [-0.1, -0.05) is 58.4 Å². The summed E-state index contributed by atoms with van der Waals surface area (Å²) in [5, 5.41) is 11.9. The lowest BCUT2D eigenvalue weighted by atomic mass is 10.0. The van der Waals surface area contributed by atoms with Crippen LogP contribution in [0.25, 0.3) is 0 Å². The van der Waals surface area contributed by atoms with Gasteiger partial charge in [-0.05, 0) is 42.5 Å². The molecular formula is C19H22BrNO3. The molecule has 2 N–H and O–H groups in total. The molecule has 24 heavy (non-hydrogen) atoms. The van der Waals surface area contributed by atoms with Gasteiger partial charge < -0.3 is 15.2 Å². The number of aliphatic hydroxyl groups is 1. The van der Waals surface area contributed by atoms with Gasteiger partial charge in [0, 0.05) is 11.1 Å². The highest BCUT2D eigenvalue weighted by molar-refractivity contribution is 9.10. The Morgan fingerprint density at radius 1 is 1.08 bits per heavy atom. The summed E-state index contributed by atoms with van der Waals surface area (Å²) in [6.45, 7) is 0.405. The van der Waals surface area contributed by atoms with Gasteiger partial charge in [-0.15, -0.1) is 0 Å². The van der Waals surface area contributed by atoms with E-state index in [2.05, 4.69) is 21.2 Å². The zero-order chi connectivity index (χ0) is 17.2. The Morgan fingerprint density at radius 3 is 2.46 bits per heavy atom. The lowest BCUT2D eigenvalue weighted by molar-refractivity contribution is 0.134. The fourth-order valence-electron chi connectivity index (χ4n) is 2.38. The van der Waals surface area contributed by atoms with Crippen LogP contribution in [0.5, 0.6) is 0 Å². The van der Waals surface area contributed by atoms with E-state index in [4.69, 9.17) is 9.84 Å². The number of rotatable bonds is 8. The van der Waals surface area contributed by atoms with Gasteiger partial charge in [-0.25, -0.2) is 4.79 Å². The monoisotopic (exact) mass is 391 g/mol. The molecule has 2 rings (SSSR count). The Hall–Kier alpha value is -1.85. The molecule has 0 saturated carbocycles. The predicted molar refractivity (Wildman–Crippen MR) is 97.6 cm³/mol. The smallest absolute Gasteiger partial charge is 0.407 e. The highest BCUT2D eigenvalue weighted by atomic mass is 79.9. The van der Waals surface area contributed by atoms with Crippen LogP contribution in [0.1, 0.15) is 36.4 Å². The average Bonchev–Trinajstić information content (AvgIpc) is 2.61. The van der Waals surface area contributed by atoms with Crippen LogP contribution in [0.15, 0.2) is 59.1 Å². The Morgan fingerprint density at radius 2 is 1.79 bits per heavy atom. The number of benzene rings is 2. The van der Waals surface area contributed by atoms with Gasteiger partial charge in [-0.2, -0.15) is 0 Å². The van der Waals surface area contributed by atoms with E-state index < -0.39 is 6.09 Å². The van der Waals surface area contributed by atoms with Crippen LogP contribution in [-0.4, -0.2) is 17.8 Å². The number of ether oxygens (including phenoxy) is 1. The van der Waals surface area contributed by atoms with Gasteiger partial charge in [0.1, 0.15) is 6.61 Å². The summed E-state index contributed by atoms with van der Waals surface area (Å²) in [5.41, 5.74) is 1.97. The Kier molecular flexibility index (Phi) is 7.79. The van der Waals surface area contributed by atoms with Crippen molar-refractivity contribution in [2.45, 2.75) is 31.9 Å². The molecule has 0 unspecified atom stereocenters. The van der Waals surface area contributed by atoms with Crippen molar-refractivity contribution in [3.63, 3.8) is 0 Å². The summed E-state index contributed by atoms with van der Waals surface area (Å²) < 4.78 is 6.29. The minimum absolute atomic E-state index is 0.132. The maximum absolute atomic E-state index is 12.1. The molecule has 0 fully saturated rings. The molecule has 0 bridgehead atoms. The highest BCUT2D eigenvalue weighted by Gasteiger charge is 2.15. The Balaban J connectivity index is 1.93. The molecule has 0 aliphatic heterocycles. The maximum atomic E-state index is 12.1. The van der Waals surface area contributed by atoms with Crippen LogP contribution in [0.4, 0.5) is 4.79 Å². The molecule has 0 spiro atoms. The zero-order valence-electron chi connectivity index (χ0n) is 13.5. The highest BCUT2D eigenvalue weighted by Crippen LogP contribution is 2.22. The molecule has 0 aliphatic carbocycles. The lowest BCUT2D eigenvalue weighted by Gasteiger charge is -2.19. The number of unbranched alkanes of at least 4 members (excludes halogenated alkanes) is 1. The second kappa shape index (κ2) is 10.1. The van der Waals surface area contributed by atoms with Crippen LogP contribution in [-0.2, 0) is 11.3 Å². The first-order chi connectivity index (χ1) is 11.7. The molecule has 128 valence electrons. The quantitative estimate of drug-likeness (QED) is 0.647. The average molecular weight is 392 g/mol. The molecule has 2 aromatic carbocycles. The number of aliphatic hydroxyl groups excluding tert-OH is 1. The van der Waals surface area contributed by atoms with Gasteiger partial charge in [0.2, 0.25) is 0 Å². The van der Waals surface area contributed by atoms with Crippen molar-refractivity contribution >= 4 is 22.0 Å². The third kappa shape index (κ3) is 6.34. The minimum atomic E-state index is -0.434.